The van der Waals surface area contributed by atoms with Gasteiger partial charge in [-0.25, -0.2) is 9.59 Å². The van der Waals surface area contributed by atoms with E-state index in [0.29, 0.717) is 5.56 Å². The van der Waals surface area contributed by atoms with Gasteiger partial charge >= 0.3 is 12.1 Å². The summed E-state index contributed by atoms with van der Waals surface area (Å²) in [5.41, 5.74) is -1.45. The fraction of sp³-hybridized carbons (Fsp3) is 0.543. The van der Waals surface area contributed by atoms with Crippen molar-refractivity contribution in [3.05, 3.63) is 65.7 Å². The number of hydrogen-bond acceptors (Lipinski definition) is 7. The van der Waals surface area contributed by atoms with Crippen molar-refractivity contribution in [3.63, 3.8) is 0 Å². The van der Waals surface area contributed by atoms with Gasteiger partial charge in [-0.2, -0.15) is 0 Å². The molecular formula is C35H51N3O7. The summed E-state index contributed by atoms with van der Waals surface area (Å²) < 4.78 is 11.1. The van der Waals surface area contributed by atoms with Crippen LogP contribution in [0.25, 0.3) is 0 Å². The van der Waals surface area contributed by atoms with E-state index in [1.54, 1.807) is 88.3 Å². The summed E-state index contributed by atoms with van der Waals surface area (Å²) in [5, 5.41) is 15.9. The van der Waals surface area contributed by atoms with Gasteiger partial charge in [0, 0.05) is 12.0 Å². The van der Waals surface area contributed by atoms with E-state index in [1.807, 2.05) is 30.3 Å². The molecule has 0 saturated heterocycles. The van der Waals surface area contributed by atoms with E-state index in [1.165, 1.54) is 17.0 Å². The third-order valence-electron chi connectivity index (χ3n) is 6.55. The maximum atomic E-state index is 14.5. The quantitative estimate of drug-likeness (QED) is 0.289. The molecule has 0 radical (unpaired) electrons. The molecule has 3 amide bonds. The predicted octanol–water partition coefficient (Wildman–Crippen LogP) is 5.68. The third-order valence-corrected chi connectivity index (χ3v) is 6.55. The van der Waals surface area contributed by atoms with Crippen molar-refractivity contribution >= 4 is 23.9 Å². The third kappa shape index (κ3) is 11.7. The molecule has 0 aliphatic rings. The number of nitrogens with one attached hydrogen (secondary N) is 2. The van der Waals surface area contributed by atoms with Crippen LogP contribution in [-0.2, 0) is 30.3 Å². The van der Waals surface area contributed by atoms with E-state index in [9.17, 15) is 24.3 Å². The summed E-state index contributed by atoms with van der Waals surface area (Å²) in [6.07, 6.45) is -0.624. The summed E-state index contributed by atoms with van der Waals surface area (Å²) >= 11 is 0. The van der Waals surface area contributed by atoms with Crippen molar-refractivity contribution in [1.82, 2.24) is 15.5 Å². The molecule has 248 valence electrons. The van der Waals surface area contributed by atoms with Gasteiger partial charge in [0.1, 0.15) is 35.1 Å². The van der Waals surface area contributed by atoms with Crippen LogP contribution in [0.2, 0.25) is 0 Å². The van der Waals surface area contributed by atoms with E-state index in [-0.39, 0.29) is 18.1 Å². The molecule has 0 aliphatic carbocycles. The molecule has 2 aromatic rings. The Labute approximate surface area is 267 Å². The molecule has 0 heterocycles. The first kappa shape index (κ1) is 37.1. The number of aromatic hydroxyl groups is 1. The number of nitrogens with zero attached hydrogens (tertiary/aromatic N) is 1. The lowest BCUT2D eigenvalue weighted by Crippen LogP contribution is -2.60. The molecule has 2 aromatic carbocycles. The molecule has 3 atom stereocenters. The number of alkyl carbamates (subject to hydrolysis) is 1. The molecule has 10 nitrogen and oxygen atoms in total. The molecule has 0 bridgehead atoms. The Balaban J connectivity index is 2.64. The van der Waals surface area contributed by atoms with Crippen LogP contribution in [0.5, 0.6) is 5.75 Å². The van der Waals surface area contributed by atoms with Crippen LogP contribution in [0.4, 0.5) is 4.79 Å². The van der Waals surface area contributed by atoms with Crippen LogP contribution in [0.1, 0.15) is 93.3 Å². The molecule has 0 spiro atoms. The average molecular weight is 626 g/mol. The maximum absolute atomic E-state index is 14.5. The molecule has 0 saturated carbocycles. The van der Waals surface area contributed by atoms with Gasteiger partial charge in [-0.05, 0) is 91.5 Å². The number of esters is 1. The van der Waals surface area contributed by atoms with Crippen molar-refractivity contribution in [3.8, 4) is 5.75 Å². The lowest BCUT2D eigenvalue weighted by Gasteiger charge is -2.44. The first-order chi connectivity index (χ1) is 20.6. The standard InChI is InChI=1S/C35H51N3O7/c1-22(2)27(37-32(43)45-35(9,10)11)30(41)38(33(3,4)5)28(24-18-15-19-25(39)21-24)29(40)36-26(31(42)44-34(6,7)8)20-23-16-13-12-14-17-23/h12-19,21-22,26-28,39H,20H2,1-11H3,(H,36,40)(H,37,43). The zero-order valence-electron chi connectivity index (χ0n) is 28.6. The van der Waals surface area contributed by atoms with E-state index in [2.05, 4.69) is 10.6 Å². The van der Waals surface area contributed by atoms with Gasteiger partial charge in [0.25, 0.3) is 0 Å². The van der Waals surface area contributed by atoms with Gasteiger partial charge < -0.3 is 30.1 Å². The predicted molar refractivity (Wildman–Crippen MR) is 173 cm³/mol. The topological polar surface area (TPSA) is 134 Å². The number of phenols is 1. The number of benzene rings is 2. The fourth-order valence-electron chi connectivity index (χ4n) is 4.72. The van der Waals surface area contributed by atoms with Gasteiger partial charge in [-0.1, -0.05) is 56.3 Å². The Morgan fingerprint density at radius 2 is 1.38 bits per heavy atom. The van der Waals surface area contributed by atoms with Gasteiger partial charge in [0.15, 0.2) is 0 Å². The van der Waals surface area contributed by atoms with Crippen LogP contribution >= 0.6 is 0 Å². The molecule has 0 aliphatic heterocycles. The highest BCUT2D eigenvalue weighted by atomic mass is 16.6. The molecule has 2 rings (SSSR count). The molecule has 0 fully saturated rings. The summed E-state index contributed by atoms with van der Waals surface area (Å²) in [5.74, 6) is -2.31. The summed E-state index contributed by atoms with van der Waals surface area (Å²) in [7, 11) is 0. The Bertz CT molecular complexity index is 1320. The molecular weight excluding hydrogens is 574 g/mol. The zero-order chi connectivity index (χ0) is 34.3. The molecule has 3 N–H and O–H groups in total. The van der Waals surface area contributed by atoms with Crippen LogP contribution in [-0.4, -0.2) is 62.7 Å². The molecule has 0 aromatic heterocycles. The van der Waals surface area contributed by atoms with Crippen LogP contribution in [0, 0.1) is 5.92 Å². The minimum absolute atomic E-state index is 0.105. The lowest BCUT2D eigenvalue weighted by atomic mass is 9.92. The number of phenolic OH excluding ortho intramolecular Hbond substituents is 1. The SMILES string of the molecule is CC(C)C(NC(=O)OC(C)(C)C)C(=O)N(C(C(=O)NC(Cc1ccccc1)C(=O)OC(C)(C)C)c1cccc(O)c1)C(C)(C)C. The average Bonchev–Trinajstić information content (AvgIpc) is 2.87. The fourth-order valence-corrected chi connectivity index (χ4v) is 4.72. The lowest BCUT2D eigenvalue weighted by molar-refractivity contribution is -0.159. The van der Waals surface area contributed by atoms with Crippen LogP contribution in [0.3, 0.4) is 0 Å². The highest BCUT2D eigenvalue weighted by molar-refractivity contribution is 5.94. The highest BCUT2D eigenvalue weighted by Crippen LogP contribution is 2.32. The largest absolute Gasteiger partial charge is 0.508 e. The van der Waals surface area contributed by atoms with Crippen molar-refractivity contribution in [2.75, 3.05) is 0 Å². The number of rotatable bonds is 10. The second-order valence-corrected chi connectivity index (χ2v) is 14.5. The second-order valence-electron chi connectivity index (χ2n) is 14.5. The van der Waals surface area contributed by atoms with Gasteiger partial charge in [-0.3, -0.25) is 9.59 Å². The van der Waals surface area contributed by atoms with E-state index in [0.717, 1.165) is 5.56 Å². The molecule has 45 heavy (non-hydrogen) atoms. The van der Waals surface area contributed by atoms with E-state index in [4.69, 9.17) is 9.47 Å². The molecule has 10 heteroatoms. The smallest absolute Gasteiger partial charge is 0.408 e. The first-order valence-corrected chi connectivity index (χ1v) is 15.3. The number of carbonyl (C=O) groups is 4. The van der Waals surface area contributed by atoms with Gasteiger partial charge in [0.2, 0.25) is 11.8 Å². The number of ether oxygens (including phenoxy) is 2. The van der Waals surface area contributed by atoms with Crippen molar-refractivity contribution in [2.24, 2.45) is 5.92 Å². The summed E-state index contributed by atoms with van der Waals surface area (Å²) in [4.78, 5) is 56.5. The normalized spacial score (nSPS) is 14.1. The first-order valence-electron chi connectivity index (χ1n) is 15.3. The van der Waals surface area contributed by atoms with Gasteiger partial charge in [0.05, 0.1) is 0 Å². The summed E-state index contributed by atoms with van der Waals surface area (Å²) in [6.45, 7) is 19.3. The summed E-state index contributed by atoms with van der Waals surface area (Å²) in [6, 6.07) is 11.8. The van der Waals surface area contributed by atoms with Crippen molar-refractivity contribution in [2.45, 2.75) is 117 Å². The highest BCUT2D eigenvalue weighted by Gasteiger charge is 2.44. The van der Waals surface area contributed by atoms with E-state index < -0.39 is 58.7 Å². The van der Waals surface area contributed by atoms with E-state index >= 15 is 0 Å². The monoisotopic (exact) mass is 625 g/mol. The zero-order valence-corrected chi connectivity index (χ0v) is 28.6. The van der Waals surface area contributed by atoms with Crippen molar-refractivity contribution < 1.29 is 33.8 Å². The Kier molecular flexibility index (Phi) is 12.2. The molecule has 3 unspecified atom stereocenters. The number of hydrogen-bond donors (Lipinski definition) is 3. The Morgan fingerprint density at radius 1 is 0.800 bits per heavy atom. The minimum Gasteiger partial charge on any atom is -0.508 e. The number of carbonyl (C=O) groups excluding carboxylic acids is 4. The van der Waals surface area contributed by atoms with Crippen LogP contribution < -0.4 is 10.6 Å². The second kappa shape index (κ2) is 14.8. The van der Waals surface area contributed by atoms with Crippen LogP contribution in [0.15, 0.2) is 54.6 Å². The maximum Gasteiger partial charge on any atom is 0.408 e. The minimum atomic E-state index is -1.30. The Hall–Kier alpha value is -4.08. The van der Waals surface area contributed by atoms with Gasteiger partial charge in [-0.15, -0.1) is 0 Å². The Morgan fingerprint density at radius 3 is 1.87 bits per heavy atom. The number of amides is 3. The van der Waals surface area contributed by atoms with Crippen molar-refractivity contribution in [1.29, 1.82) is 0 Å².